The molecule has 3 aromatic rings. The van der Waals surface area contributed by atoms with Crippen molar-refractivity contribution >= 4 is 21.5 Å². The molecule has 10 nitrogen and oxygen atoms in total. The van der Waals surface area contributed by atoms with Crippen molar-refractivity contribution in [2.24, 2.45) is 0 Å². The number of alkyl halides is 2. The maximum absolute atomic E-state index is 13.1. The number of aromatic nitrogens is 5. The van der Waals surface area contributed by atoms with E-state index in [0.717, 1.165) is 0 Å². The Morgan fingerprint density at radius 1 is 1.09 bits per heavy atom. The van der Waals surface area contributed by atoms with Gasteiger partial charge in [0.1, 0.15) is 17.2 Å². The highest BCUT2D eigenvalue weighted by molar-refractivity contribution is 7.89. The molecule has 0 saturated carbocycles. The van der Waals surface area contributed by atoms with E-state index in [2.05, 4.69) is 19.9 Å². The van der Waals surface area contributed by atoms with Crippen molar-refractivity contribution in [3.05, 3.63) is 36.5 Å². The van der Waals surface area contributed by atoms with E-state index in [1.54, 1.807) is 12.3 Å². The number of hydrogen-bond donors (Lipinski definition) is 0. The lowest BCUT2D eigenvalue weighted by Gasteiger charge is -2.36. The van der Waals surface area contributed by atoms with Crippen molar-refractivity contribution in [2.45, 2.75) is 24.5 Å². The molecule has 5 heterocycles. The van der Waals surface area contributed by atoms with Gasteiger partial charge in [-0.3, -0.25) is 4.40 Å². The van der Waals surface area contributed by atoms with Gasteiger partial charge in [-0.25, -0.2) is 37.1 Å². The van der Waals surface area contributed by atoms with Gasteiger partial charge in [0.2, 0.25) is 10.0 Å². The highest BCUT2D eigenvalue weighted by Gasteiger charge is 2.36. The average Bonchev–Trinajstić information content (AvgIpc) is 3.28. The highest BCUT2D eigenvalue weighted by Crippen LogP contribution is 2.26. The first-order chi connectivity index (χ1) is 15.9. The fraction of sp³-hybridized carbons (Fsp3) is 0.500. The fourth-order valence-electron chi connectivity index (χ4n) is 4.23. The molecule has 0 aromatic carbocycles. The smallest absolute Gasteiger partial charge is 0.281 e. The minimum absolute atomic E-state index is 0.310. The van der Waals surface area contributed by atoms with Crippen molar-refractivity contribution in [3.8, 4) is 11.5 Å². The van der Waals surface area contributed by atoms with Gasteiger partial charge in [-0.05, 0) is 18.9 Å². The van der Waals surface area contributed by atoms with E-state index in [0.29, 0.717) is 75.2 Å². The minimum atomic E-state index is -3.44. The molecule has 33 heavy (non-hydrogen) atoms. The Morgan fingerprint density at radius 2 is 1.91 bits per heavy atom. The number of imidazole rings is 1. The number of fused-ring (bicyclic) bond motifs is 1. The van der Waals surface area contributed by atoms with Crippen LogP contribution in [0.15, 0.2) is 30.9 Å². The van der Waals surface area contributed by atoms with Gasteiger partial charge in [0.15, 0.2) is 11.5 Å². The number of halogens is 2. The Morgan fingerprint density at radius 3 is 2.70 bits per heavy atom. The van der Waals surface area contributed by atoms with Crippen molar-refractivity contribution < 1.29 is 21.9 Å². The second kappa shape index (κ2) is 8.88. The summed E-state index contributed by atoms with van der Waals surface area (Å²) < 4.78 is 60.8. The third-order valence-corrected chi connectivity index (χ3v) is 8.27. The molecule has 3 aromatic heterocycles. The second-order valence-corrected chi connectivity index (χ2v) is 10.2. The van der Waals surface area contributed by atoms with E-state index < -0.39 is 21.7 Å². The molecule has 2 aliphatic rings. The molecule has 1 unspecified atom stereocenters. The van der Waals surface area contributed by atoms with E-state index in [-0.39, 0.29) is 5.69 Å². The average molecular weight is 480 g/mol. The Kier molecular flexibility index (Phi) is 5.93. The molecule has 0 spiro atoms. The largest absolute Gasteiger partial charge is 0.379 e. The van der Waals surface area contributed by atoms with Crippen LogP contribution < -0.4 is 4.90 Å². The first-order valence-corrected chi connectivity index (χ1v) is 12.2. The maximum Gasteiger partial charge on any atom is 0.281 e. The van der Waals surface area contributed by atoms with Crippen molar-refractivity contribution in [3.63, 3.8) is 0 Å². The summed E-state index contributed by atoms with van der Waals surface area (Å²) in [7, 11) is -3.44. The lowest BCUT2D eigenvalue weighted by molar-refractivity contribution is 0.0725. The molecule has 2 saturated heterocycles. The Balaban J connectivity index is 1.41. The zero-order valence-electron chi connectivity index (χ0n) is 17.7. The molecule has 13 heteroatoms. The van der Waals surface area contributed by atoms with Crippen LogP contribution in [0.1, 0.15) is 25.0 Å². The summed E-state index contributed by atoms with van der Waals surface area (Å²) in [4.78, 5) is 18.8. The maximum atomic E-state index is 13.1. The number of ether oxygens (including phenoxy) is 1. The van der Waals surface area contributed by atoms with Crippen molar-refractivity contribution in [1.82, 2.24) is 28.6 Å². The van der Waals surface area contributed by atoms with Crippen LogP contribution in [0.4, 0.5) is 14.6 Å². The zero-order valence-corrected chi connectivity index (χ0v) is 18.5. The molecule has 0 radical (unpaired) electrons. The Labute approximate surface area is 189 Å². The normalized spacial score (nSPS) is 20.6. The van der Waals surface area contributed by atoms with Gasteiger partial charge in [0, 0.05) is 38.6 Å². The SMILES string of the molecule is O=S(=O)(C1CCCN(c2ccnc(-c3cnc4cnc(C(F)F)cn34)n2)C1)N1CCOCC1. The zero-order chi connectivity index (χ0) is 23.0. The minimum Gasteiger partial charge on any atom is -0.379 e. The fourth-order valence-corrected chi connectivity index (χ4v) is 6.14. The number of sulfonamides is 1. The van der Waals surface area contributed by atoms with Gasteiger partial charge in [-0.15, -0.1) is 0 Å². The van der Waals surface area contributed by atoms with Crippen LogP contribution in [0.5, 0.6) is 0 Å². The standard InChI is InChI=1S/C20H23F2N7O3S/c21-19(22)15-13-29-16(10-25-18(29)11-24-15)20-23-4-3-17(26-20)27-5-1-2-14(12-27)33(30,31)28-6-8-32-9-7-28/h3-4,10-11,13-14,19H,1-2,5-9,12H2. The Hall–Kier alpha value is -2.77. The van der Waals surface area contributed by atoms with E-state index in [1.807, 2.05) is 4.90 Å². The number of anilines is 1. The van der Waals surface area contributed by atoms with Gasteiger partial charge >= 0.3 is 0 Å². The number of hydrogen-bond acceptors (Lipinski definition) is 8. The summed E-state index contributed by atoms with van der Waals surface area (Å²) in [6.45, 7) is 2.56. The highest BCUT2D eigenvalue weighted by atomic mass is 32.2. The van der Waals surface area contributed by atoms with Crippen LogP contribution in [-0.2, 0) is 14.8 Å². The monoisotopic (exact) mass is 479 g/mol. The third-order valence-electron chi connectivity index (χ3n) is 5.96. The second-order valence-electron chi connectivity index (χ2n) is 7.99. The molecule has 0 amide bonds. The molecule has 2 fully saturated rings. The first-order valence-electron chi connectivity index (χ1n) is 10.7. The van der Waals surface area contributed by atoms with Crippen LogP contribution in [0.2, 0.25) is 0 Å². The summed E-state index contributed by atoms with van der Waals surface area (Å²) in [6.07, 6.45) is 4.18. The lowest BCUT2D eigenvalue weighted by atomic mass is 10.1. The summed E-state index contributed by atoms with van der Waals surface area (Å²) in [5.74, 6) is 0.893. The molecule has 2 aliphatic heterocycles. The molecule has 0 aliphatic carbocycles. The number of morpholine rings is 1. The van der Waals surface area contributed by atoms with Gasteiger partial charge < -0.3 is 9.64 Å². The van der Waals surface area contributed by atoms with Crippen molar-refractivity contribution in [2.75, 3.05) is 44.3 Å². The predicted molar refractivity (Wildman–Crippen MR) is 116 cm³/mol. The summed E-state index contributed by atoms with van der Waals surface area (Å²) in [5, 5.41) is -0.529. The number of piperidine rings is 1. The number of nitrogens with zero attached hydrogens (tertiary/aromatic N) is 7. The van der Waals surface area contributed by atoms with Gasteiger partial charge in [-0.1, -0.05) is 0 Å². The van der Waals surface area contributed by atoms with E-state index >= 15 is 0 Å². The van der Waals surface area contributed by atoms with Crippen LogP contribution >= 0.6 is 0 Å². The van der Waals surface area contributed by atoms with E-state index in [9.17, 15) is 17.2 Å². The van der Waals surface area contributed by atoms with Crippen LogP contribution in [0.3, 0.4) is 0 Å². The van der Waals surface area contributed by atoms with Crippen molar-refractivity contribution in [1.29, 1.82) is 0 Å². The van der Waals surface area contributed by atoms with E-state index in [1.165, 1.54) is 27.3 Å². The molecule has 5 rings (SSSR count). The van der Waals surface area contributed by atoms with Crippen LogP contribution in [-0.4, -0.2) is 81.7 Å². The summed E-state index contributed by atoms with van der Waals surface area (Å²) in [5.41, 5.74) is 0.480. The third kappa shape index (κ3) is 4.27. The van der Waals surface area contributed by atoms with Gasteiger partial charge in [0.25, 0.3) is 6.43 Å². The molecule has 176 valence electrons. The number of rotatable bonds is 5. The van der Waals surface area contributed by atoms with Gasteiger partial charge in [0.05, 0.1) is 30.9 Å². The summed E-state index contributed by atoms with van der Waals surface area (Å²) >= 11 is 0. The first kappa shape index (κ1) is 22.0. The van der Waals surface area contributed by atoms with Crippen LogP contribution in [0.25, 0.3) is 17.2 Å². The molecular weight excluding hydrogens is 456 g/mol. The quantitative estimate of drug-likeness (QED) is 0.545. The molecule has 0 bridgehead atoms. The van der Waals surface area contributed by atoms with Crippen LogP contribution in [0, 0.1) is 0 Å². The molecule has 0 N–H and O–H groups in total. The predicted octanol–water partition coefficient (Wildman–Crippen LogP) is 1.75. The summed E-state index contributed by atoms with van der Waals surface area (Å²) in [6, 6.07) is 1.72. The molecular formula is C20H23F2N7O3S. The van der Waals surface area contributed by atoms with Gasteiger partial charge in [-0.2, -0.15) is 4.31 Å². The lowest BCUT2D eigenvalue weighted by Crippen LogP contribution is -2.51. The molecule has 1 atom stereocenters. The topological polar surface area (TPSA) is 106 Å². The Bertz CT molecular complexity index is 1250. The van der Waals surface area contributed by atoms with E-state index in [4.69, 9.17) is 4.74 Å².